The number of hydrogen-bond donors (Lipinski definition) is 2. The first-order chi connectivity index (χ1) is 12.8. The first-order valence-corrected chi connectivity index (χ1v) is 8.97. The molecule has 0 bridgehead atoms. The Morgan fingerprint density at radius 1 is 1.00 bits per heavy atom. The van der Waals surface area contributed by atoms with Crippen LogP contribution in [0.1, 0.15) is 24.0 Å². The number of anilines is 1. The van der Waals surface area contributed by atoms with Crippen molar-refractivity contribution in [2.24, 2.45) is 0 Å². The lowest BCUT2D eigenvalue weighted by molar-refractivity contribution is 0.174. The Labute approximate surface area is 152 Å². The fourth-order valence-corrected chi connectivity index (χ4v) is 3.28. The lowest BCUT2D eigenvalue weighted by Crippen LogP contribution is -2.32. The highest BCUT2D eigenvalue weighted by atomic mass is 16.7. The van der Waals surface area contributed by atoms with Gasteiger partial charge in [0.2, 0.25) is 6.79 Å². The highest BCUT2D eigenvalue weighted by Gasteiger charge is 2.14. The van der Waals surface area contributed by atoms with Crippen molar-refractivity contribution in [3.05, 3.63) is 47.5 Å². The minimum atomic E-state index is -0.280. The normalized spacial score (nSPS) is 14.5. The van der Waals surface area contributed by atoms with Crippen LogP contribution >= 0.6 is 0 Å². The molecule has 26 heavy (non-hydrogen) atoms. The maximum atomic E-state index is 12.0. The zero-order valence-electron chi connectivity index (χ0n) is 14.5. The molecule has 0 spiro atoms. The molecule has 0 unspecified atom stereocenters. The van der Waals surface area contributed by atoms with E-state index in [1.165, 1.54) is 24.0 Å². The van der Waals surface area contributed by atoms with Crippen molar-refractivity contribution in [3.63, 3.8) is 0 Å². The van der Waals surface area contributed by atoms with Crippen LogP contribution in [-0.2, 0) is 12.8 Å². The number of ether oxygens (including phenoxy) is 3. The van der Waals surface area contributed by atoms with E-state index in [2.05, 4.69) is 22.8 Å². The summed E-state index contributed by atoms with van der Waals surface area (Å²) >= 11 is 0. The van der Waals surface area contributed by atoms with E-state index in [0.29, 0.717) is 30.3 Å². The van der Waals surface area contributed by atoms with E-state index >= 15 is 0 Å². The van der Waals surface area contributed by atoms with Crippen LogP contribution in [-0.4, -0.2) is 26.0 Å². The molecule has 0 atom stereocenters. The summed E-state index contributed by atoms with van der Waals surface area (Å²) in [4.78, 5) is 12.0. The van der Waals surface area contributed by atoms with Crippen LogP contribution in [0.4, 0.5) is 10.5 Å². The smallest absolute Gasteiger partial charge is 0.319 e. The molecular weight excluding hydrogens is 332 g/mol. The molecule has 0 saturated carbocycles. The van der Waals surface area contributed by atoms with Crippen LogP contribution in [0.15, 0.2) is 36.4 Å². The Bertz CT molecular complexity index is 806. The standard InChI is InChI=1S/C20H22N2O4/c23-20(22-16-6-8-18-19(12-16)26-13-25-18)21-9-10-24-17-7-5-14-3-1-2-4-15(14)11-17/h5-8,11-12H,1-4,9-10,13H2,(H2,21,22,23). The van der Waals surface area contributed by atoms with Crippen LogP contribution in [0.5, 0.6) is 17.2 Å². The molecule has 2 N–H and O–H groups in total. The van der Waals surface area contributed by atoms with Gasteiger partial charge in [-0.3, -0.25) is 0 Å². The molecule has 2 aliphatic rings. The lowest BCUT2D eigenvalue weighted by Gasteiger charge is -2.17. The fourth-order valence-electron chi connectivity index (χ4n) is 3.28. The number of carbonyl (C=O) groups is 1. The van der Waals surface area contributed by atoms with Gasteiger partial charge in [-0.15, -0.1) is 0 Å². The van der Waals surface area contributed by atoms with Gasteiger partial charge in [-0.25, -0.2) is 4.79 Å². The summed E-state index contributed by atoms with van der Waals surface area (Å²) in [6, 6.07) is 11.3. The quantitative estimate of drug-likeness (QED) is 0.807. The zero-order chi connectivity index (χ0) is 17.8. The van der Waals surface area contributed by atoms with Crippen molar-refractivity contribution in [2.45, 2.75) is 25.7 Å². The number of urea groups is 1. The molecule has 0 saturated heterocycles. The van der Waals surface area contributed by atoms with Gasteiger partial charge in [-0.05, 0) is 61.1 Å². The summed E-state index contributed by atoms with van der Waals surface area (Å²) in [5.74, 6) is 2.19. The number of amides is 2. The highest BCUT2D eigenvalue weighted by Crippen LogP contribution is 2.34. The van der Waals surface area contributed by atoms with Crippen molar-refractivity contribution in [2.75, 3.05) is 25.3 Å². The summed E-state index contributed by atoms with van der Waals surface area (Å²) < 4.78 is 16.3. The van der Waals surface area contributed by atoms with Gasteiger partial charge in [0, 0.05) is 11.8 Å². The molecule has 1 heterocycles. The van der Waals surface area contributed by atoms with Gasteiger partial charge >= 0.3 is 6.03 Å². The highest BCUT2D eigenvalue weighted by molar-refractivity contribution is 5.89. The second-order valence-electron chi connectivity index (χ2n) is 6.44. The van der Waals surface area contributed by atoms with Crippen molar-refractivity contribution in [1.82, 2.24) is 5.32 Å². The number of fused-ring (bicyclic) bond motifs is 2. The Balaban J connectivity index is 1.21. The van der Waals surface area contributed by atoms with Gasteiger partial charge in [0.25, 0.3) is 0 Å². The van der Waals surface area contributed by atoms with E-state index in [1.807, 2.05) is 6.07 Å². The van der Waals surface area contributed by atoms with Crippen molar-refractivity contribution < 1.29 is 19.0 Å². The van der Waals surface area contributed by atoms with E-state index in [0.717, 1.165) is 18.6 Å². The van der Waals surface area contributed by atoms with E-state index in [4.69, 9.17) is 14.2 Å². The summed E-state index contributed by atoms with van der Waals surface area (Å²) in [5, 5.41) is 5.55. The molecule has 2 aromatic carbocycles. The summed E-state index contributed by atoms with van der Waals surface area (Å²) in [5.41, 5.74) is 3.48. The molecule has 0 radical (unpaired) electrons. The SMILES string of the molecule is O=C(NCCOc1ccc2c(c1)CCCC2)Nc1ccc2c(c1)OCO2. The predicted molar refractivity (Wildman–Crippen MR) is 98.2 cm³/mol. The number of benzene rings is 2. The minimum Gasteiger partial charge on any atom is -0.492 e. The van der Waals surface area contributed by atoms with Gasteiger partial charge in [0.1, 0.15) is 12.4 Å². The zero-order valence-corrected chi connectivity index (χ0v) is 14.5. The van der Waals surface area contributed by atoms with E-state index in [-0.39, 0.29) is 12.8 Å². The maximum absolute atomic E-state index is 12.0. The second kappa shape index (κ2) is 7.56. The molecule has 0 fully saturated rings. The average Bonchev–Trinajstić information content (AvgIpc) is 3.13. The minimum absolute atomic E-state index is 0.213. The molecule has 2 aromatic rings. The van der Waals surface area contributed by atoms with Gasteiger partial charge in [-0.1, -0.05) is 6.07 Å². The monoisotopic (exact) mass is 354 g/mol. The van der Waals surface area contributed by atoms with E-state index < -0.39 is 0 Å². The number of nitrogens with one attached hydrogen (secondary N) is 2. The summed E-state index contributed by atoms with van der Waals surface area (Å²) in [6.07, 6.45) is 4.81. The maximum Gasteiger partial charge on any atom is 0.319 e. The third-order valence-corrected chi connectivity index (χ3v) is 4.61. The molecule has 1 aliphatic heterocycles. The molecule has 136 valence electrons. The van der Waals surface area contributed by atoms with Crippen molar-refractivity contribution in [3.8, 4) is 17.2 Å². The number of carbonyl (C=O) groups excluding carboxylic acids is 1. The number of aryl methyl sites for hydroxylation is 2. The van der Waals surface area contributed by atoms with Gasteiger partial charge < -0.3 is 24.8 Å². The summed E-state index contributed by atoms with van der Waals surface area (Å²) in [6.45, 7) is 1.06. The van der Waals surface area contributed by atoms with E-state index in [1.54, 1.807) is 18.2 Å². The fraction of sp³-hybridized carbons (Fsp3) is 0.350. The molecular formula is C20H22N2O4. The summed E-state index contributed by atoms with van der Waals surface area (Å²) in [7, 11) is 0. The van der Waals surface area contributed by atoms with Crippen LogP contribution in [0, 0.1) is 0 Å². The topological polar surface area (TPSA) is 68.8 Å². The van der Waals surface area contributed by atoms with Gasteiger partial charge in [0.05, 0.1) is 6.54 Å². The van der Waals surface area contributed by atoms with Crippen molar-refractivity contribution >= 4 is 11.7 Å². The van der Waals surface area contributed by atoms with Crippen LogP contribution in [0.25, 0.3) is 0 Å². The first-order valence-electron chi connectivity index (χ1n) is 8.97. The number of hydrogen-bond acceptors (Lipinski definition) is 4. The molecule has 6 heteroatoms. The van der Waals surface area contributed by atoms with Crippen LogP contribution < -0.4 is 24.8 Å². The van der Waals surface area contributed by atoms with Gasteiger partial charge in [-0.2, -0.15) is 0 Å². The molecule has 0 aromatic heterocycles. The Morgan fingerprint density at radius 3 is 2.77 bits per heavy atom. The predicted octanol–water partition coefficient (Wildman–Crippen LogP) is 3.49. The molecule has 4 rings (SSSR count). The first kappa shape index (κ1) is 16.6. The Kier molecular flexibility index (Phi) is 4.82. The van der Waals surface area contributed by atoms with Crippen molar-refractivity contribution in [1.29, 1.82) is 0 Å². The third-order valence-electron chi connectivity index (χ3n) is 4.61. The largest absolute Gasteiger partial charge is 0.492 e. The van der Waals surface area contributed by atoms with Crippen LogP contribution in [0.2, 0.25) is 0 Å². The third kappa shape index (κ3) is 3.85. The molecule has 1 aliphatic carbocycles. The molecule has 2 amide bonds. The average molecular weight is 354 g/mol. The second-order valence-corrected chi connectivity index (χ2v) is 6.44. The Morgan fingerprint density at radius 2 is 1.85 bits per heavy atom. The van der Waals surface area contributed by atoms with Crippen LogP contribution in [0.3, 0.4) is 0 Å². The molecule has 6 nitrogen and oxygen atoms in total. The van der Waals surface area contributed by atoms with E-state index in [9.17, 15) is 4.79 Å². The number of rotatable bonds is 5. The van der Waals surface area contributed by atoms with Gasteiger partial charge in [0.15, 0.2) is 11.5 Å². The lowest BCUT2D eigenvalue weighted by atomic mass is 9.92. The Hall–Kier alpha value is -2.89.